The number of aromatic nitrogens is 1. The Morgan fingerprint density at radius 3 is 2.67 bits per heavy atom. The number of nitrogens with zero attached hydrogens (tertiary/aromatic N) is 1. The average Bonchev–Trinajstić information content (AvgIpc) is 2.47. The number of nitrogens with one attached hydrogen (secondary N) is 2. The van der Waals surface area contributed by atoms with Gasteiger partial charge < -0.3 is 5.32 Å². The molecule has 0 spiro atoms. The Labute approximate surface area is 125 Å². The van der Waals surface area contributed by atoms with Crippen molar-refractivity contribution < 1.29 is 8.42 Å². The molecule has 0 aliphatic carbocycles. The lowest BCUT2D eigenvalue weighted by molar-refractivity contribution is 0.578. The number of unbranched alkanes of at least 4 members (excludes halogenated alkanes) is 1. The molecule has 6 heteroatoms. The maximum Gasteiger partial charge on any atom is 0.240 e. The molecule has 2 rings (SSSR count). The number of hydrogen-bond donors (Lipinski definition) is 2. The normalized spacial score (nSPS) is 11.7. The smallest absolute Gasteiger partial charge is 0.240 e. The summed E-state index contributed by atoms with van der Waals surface area (Å²) in [6.45, 7) is 5.29. The minimum absolute atomic E-state index is 0.282. The molecule has 0 fully saturated rings. The number of benzene rings is 1. The predicted molar refractivity (Wildman–Crippen MR) is 86.0 cm³/mol. The second-order valence-electron chi connectivity index (χ2n) is 4.83. The maximum atomic E-state index is 12.2. The molecule has 114 valence electrons. The quantitative estimate of drug-likeness (QED) is 0.772. The van der Waals surface area contributed by atoms with Crippen molar-refractivity contribution in [2.45, 2.75) is 31.6 Å². The van der Waals surface area contributed by atoms with Gasteiger partial charge in [-0.1, -0.05) is 13.3 Å². The number of fused-ring (bicyclic) bond motifs is 1. The summed E-state index contributed by atoms with van der Waals surface area (Å²) >= 11 is 0. The molecule has 0 aliphatic rings. The van der Waals surface area contributed by atoms with Gasteiger partial charge in [-0.2, -0.15) is 0 Å². The van der Waals surface area contributed by atoms with Crippen molar-refractivity contribution >= 4 is 26.7 Å². The fraction of sp³-hybridized carbons (Fsp3) is 0.400. The first-order valence-electron chi connectivity index (χ1n) is 7.21. The summed E-state index contributed by atoms with van der Waals surface area (Å²) in [5, 5.41) is 3.95. The lowest BCUT2D eigenvalue weighted by atomic mass is 10.2. The minimum Gasteiger partial charge on any atom is -0.370 e. The number of hydrogen-bond acceptors (Lipinski definition) is 4. The van der Waals surface area contributed by atoms with Gasteiger partial charge in [-0.05, 0) is 43.7 Å². The van der Waals surface area contributed by atoms with Crippen molar-refractivity contribution in [3.8, 4) is 0 Å². The SMILES string of the molecule is CCCCNS(=O)(=O)c1ccc2nc(NCC)ccc2c1. The monoisotopic (exact) mass is 307 g/mol. The fourth-order valence-corrected chi connectivity index (χ4v) is 3.13. The van der Waals surface area contributed by atoms with Crippen molar-refractivity contribution in [2.75, 3.05) is 18.4 Å². The van der Waals surface area contributed by atoms with Crippen LogP contribution in [0.15, 0.2) is 35.2 Å². The molecule has 0 unspecified atom stereocenters. The van der Waals surface area contributed by atoms with Gasteiger partial charge in [0.1, 0.15) is 5.82 Å². The van der Waals surface area contributed by atoms with Crippen LogP contribution in [0, 0.1) is 0 Å². The topological polar surface area (TPSA) is 71.1 Å². The van der Waals surface area contributed by atoms with Crippen molar-refractivity contribution in [3.63, 3.8) is 0 Å². The molecule has 2 aromatic rings. The molecule has 0 saturated carbocycles. The van der Waals surface area contributed by atoms with Gasteiger partial charge in [0.15, 0.2) is 0 Å². The Bertz CT molecular complexity index is 714. The molecular weight excluding hydrogens is 286 g/mol. The van der Waals surface area contributed by atoms with E-state index in [-0.39, 0.29) is 4.90 Å². The van der Waals surface area contributed by atoms with Gasteiger partial charge in [-0.3, -0.25) is 0 Å². The van der Waals surface area contributed by atoms with E-state index < -0.39 is 10.0 Å². The predicted octanol–water partition coefficient (Wildman–Crippen LogP) is 2.75. The Balaban J connectivity index is 2.28. The van der Waals surface area contributed by atoms with Gasteiger partial charge in [-0.25, -0.2) is 18.1 Å². The second kappa shape index (κ2) is 6.87. The highest BCUT2D eigenvalue weighted by molar-refractivity contribution is 7.89. The van der Waals surface area contributed by atoms with Crippen molar-refractivity contribution in [1.82, 2.24) is 9.71 Å². The van der Waals surface area contributed by atoms with E-state index in [1.807, 2.05) is 26.0 Å². The first-order valence-corrected chi connectivity index (χ1v) is 8.69. The Kier molecular flexibility index (Phi) is 5.14. The summed E-state index contributed by atoms with van der Waals surface area (Å²) in [6.07, 6.45) is 1.79. The van der Waals surface area contributed by atoms with E-state index in [0.717, 1.165) is 36.1 Å². The van der Waals surface area contributed by atoms with E-state index in [1.165, 1.54) is 0 Å². The molecule has 0 atom stereocenters. The van der Waals surface area contributed by atoms with Gasteiger partial charge in [0.25, 0.3) is 0 Å². The van der Waals surface area contributed by atoms with E-state index in [9.17, 15) is 8.42 Å². The van der Waals surface area contributed by atoms with Crippen LogP contribution in [0.1, 0.15) is 26.7 Å². The molecule has 2 N–H and O–H groups in total. The van der Waals surface area contributed by atoms with Crippen LogP contribution in [-0.2, 0) is 10.0 Å². The molecular formula is C15H21N3O2S. The fourth-order valence-electron chi connectivity index (χ4n) is 2.02. The van der Waals surface area contributed by atoms with Crippen LogP contribution in [0.25, 0.3) is 10.9 Å². The summed E-state index contributed by atoms with van der Waals surface area (Å²) in [7, 11) is -3.44. The van der Waals surface area contributed by atoms with E-state index in [4.69, 9.17) is 0 Å². The zero-order chi connectivity index (χ0) is 15.3. The third-order valence-corrected chi connectivity index (χ3v) is 4.61. The number of pyridine rings is 1. The van der Waals surface area contributed by atoms with Crippen LogP contribution in [0.3, 0.4) is 0 Å². The number of anilines is 1. The van der Waals surface area contributed by atoms with Crippen molar-refractivity contribution in [3.05, 3.63) is 30.3 Å². The number of rotatable bonds is 7. The summed E-state index contributed by atoms with van der Waals surface area (Å²) < 4.78 is 27.0. The summed E-state index contributed by atoms with van der Waals surface area (Å²) in [4.78, 5) is 4.72. The summed E-state index contributed by atoms with van der Waals surface area (Å²) in [6, 6.07) is 8.73. The van der Waals surface area contributed by atoms with Gasteiger partial charge in [-0.15, -0.1) is 0 Å². The van der Waals surface area contributed by atoms with E-state index in [0.29, 0.717) is 6.54 Å². The Morgan fingerprint density at radius 2 is 1.95 bits per heavy atom. The van der Waals surface area contributed by atoms with Crippen LogP contribution in [0.2, 0.25) is 0 Å². The lowest BCUT2D eigenvalue weighted by Gasteiger charge is -2.08. The first kappa shape index (κ1) is 15.7. The van der Waals surface area contributed by atoms with E-state index in [2.05, 4.69) is 15.0 Å². The molecule has 0 bridgehead atoms. The number of sulfonamides is 1. The lowest BCUT2D eigenvalue weighted by Crippen LogP contribution is -2.24. The summed E-state index contributed by atoms with van der Waals surface area (Å²) in [5.41, 5.74) is 0.779. The summed E-state index contributed by atoms with van der Waals surface area (Å²) in [5.74, 6) is 0.793. The molecule has 1 aromatic carbocycles. The highest BCUT2D eigenvalue weighted by atomic mass is 32.2. The highest BCUT2D eigenvalue weighted by Gasteiger charge is 2.13. The molecule has 0 aliphatic heterocycles. The largest absolute Gasteiger partial charge is 0.370 e. The van der Waals surface area contributed by atoms with Crippen LogP contribution in [-0.4, -0.2) is 26.5 Å². The third-order valence-electron chi connectivity index (χ3n) is 3.15. The van der Waals surface area contributed by atoms with E-state index >= 15 is 0 Å². The van der Waals surface area contributed by atoms with E-state index in [1.54, 1.807) is 18.2 Å². The van der Waals surface area contributed by atoms with Gasteiger partial charge in [0, 0.05) is 18.5 Å². The van der Waals surface area contributed by atoms with Gasteiger partial charge in [0.2, 0.25) is 10.0 Å². The molecule has 1 heterocycles. The van der Waals surface area contributed by atoms with Crippen LogP contribution >= 0.6 is 0 Å². The molecule has 5 nitrogen and oxygen atoms in total. The van der Waals surface area contributed by atoms with Crippen LogP contribution in [0.5, 0.6) is 0 Å². The first-order chi connectivity index (χ1) is 10.1. The molecule has 0 radical (unpaired) electrons. The highest BCUT2D eigenvalue weighted by Crippen LogP contribution is 2.19. The van der Waals surface area contributed by atoms with Crippen LogP contribution < -0.4 is 10.0 Å². The van der Waals surface area contributed by atoms with Crippen molar-refractivity contribution in [2.24, 2.45) is 0 Å². The molecule has 1 aromatic heterocycles. The van der Waals surface area contributed by atoms with Gasteiger partial charge >= 0.3 is 0 Å². The maximum absolute atomic E-state index is 12.2. The Hall–Kier alpha value is -1.66. The zero-order valence-electron chi connectivity index (χ0n) is 12.4. The zero-order valence-corrected chi connectivity index (χ0v) is 13.2. The Morgan fingerprint density at radius 1 is 1.14 bits per heavy atom. The minimum atomic E-state index is -3.44. The van der Waals surface area contributed by atoms with Crippen LogP contribution in [0.4, 0.5) is 5.82 Å². The van der Waals surface area contributed by atoms with Crippen molar-refractivity contribution in [1.29, 1.82) is 0 Å². The molecule has 0 amide bonds. The molecule has 0 saturated heterocycles. The molecule has 21 heavy (non-hydrogen) atoms. The average molecular weight is 307 g/mol. The van der Waals surface area contributed by atoms with Gasteiger partial charge in [0.05, 0.1) is 10.4 Å². The standard InChI is InChI=1S/C15H21N3O2S/c1-3-5-10-17-21(19,20)13-7-8-14-12(11-13)6-9-15(18-14)16-4-2/h6-9,11,17H,3-5,10H2,1-2H3,(H,16,18). The third kappa shape index (κ3) is 3.92. The second-order valence-corrected chi connectivity index (χ2v) is 6.60.